The summed E-state index contributed by atoms with van der Waals surface area (Å²) in [6, 6.07) is 13.1. The molecule has 0 radical (unpaired) electrons. The average molecular weight is 258 g/mol. The summed E-state index contributed by atoms with van der Waals surface area (Å²) in [6.07, 6.45) is 2.46. The highest BCUT2D eigenvalue weighted by Gasteiger charge is 2.12. The molecule has 1 aromatic heterocycles. The van der Waals surface area contributed by atoms with Crippen LogP contribution in [0.4, 0.5) is 4.39 Å². The predicted octanol–water partition coefficient (Wildman–Crippen LogP) is 3.50. The van der Waals surface area contributed by atoms with E-state index in [9.17, 15) is 4.39 Å². The largest absolute Gasteiger partial charge is 0.306 e. The Kier molecular flexibility index (Phi) is 4.63. The van der Waals surface area contributed by atoms with E-state index < -0.39 is 0 Å². The lowest BCUT2D eigenvalue weighted by atomic mass is 10.1. The fraction of sp³-hybridized carbons (Fsp3) is 0.312. The van der Waals surface area contributed by atoms with Gasteiger partial charge in [0.05, 0.1) is 5.69 Å². The molecule has 0 saturated carbocycles. The second-order valence-electron chi connectivity index (χ2n) is 4.84. The fourth-order valence-electron chi connectivity index (χ4n) is 2.20. The molecule has 1 N–H and O–H groups in total. The zero-order valence-corrected chi connectivity index (χ0v) is 11.3. The van der Waals surface area contributed by atoms with Crippen LogP contribution in [0.1, 0.15) is 31.1 Å². The smallest absolute Gasteiger partial charge is 0.126 e. The lowest BCUT2D eigenvalue weighted by Crippen LogP contribution is -2.31. The Morgan fingerprint density at radius 1 is 1.11 bits per heavy atom. The fourth-order valence-corrected chi connectivity index (χ4v) is 2.20. The molecule has 2 rings (SSSR count). The van der Waals surface area contributed by atoms with Crippen LogP contribution in [-0.2, 0) is 6.42 Å². The van der Waals surface area contributed by atoms with Crippen molar-refractivity contribution in [2.45, 2.75) is 32.4 Å². The molecule has 2 nitrogen and oxygen atoms in total. The highest BCUT2D eigenvalue weighted by molar-refractivity contribution is 5.18. The molecule has 0 fully saturated rings. The molecule has 2 aromatic rings. The van der Waals surface area contributed by atoms with Gasteiger partial charge in [-0.15, -0.1) is 0 Å². The maximum Gasteiger partial charge on any atom is 0.126 e. The molecule has 0 aliphatic heterocycles. The number of benzene rings is 1. The van der Waals surface area contributed by atoms with Gasteiger partial charge < -0.3 is 5.32 Å². The molecule has 1 heterocycles. The summed E-state index contributed by atoms with van der Waals surface area (Å²) in [5, 5.41) is 3.44. The summed E-state index contributed by atoms with van der Waals surface area (Å²) in [6.45, 7) is 4.13. The van der Waals surface area contributed by atoms with Gasteiger partial charge in [-0.2, -0.15) is 0 Å². The van der Waals surface area contributed by atoms with Crippen LogP contribution in [-0.4, -0.2) is 11.0 Å². The van der Waals surface area contributed by atoms with Gasteiger partial charge in [0.2, 0.25) is 0 Å². The number of aromatic nitrogens is 1. The third-order valence-corrected chi connectivity index (χ3v) is 3.15. The Labute approximate surface area is 113 Å². The number of nitrogens with zero attached hydrogens (tertiary/aromatic N) is 1. The first-order valence-electron chi connectivity index (χ1n) is 6.57. The van der Waals surface area contributed by atoms with Crippen LogP contribution >= 0.6 is 0 Å². The third-order valence-electron chi connectivity index (χ3n) is 3.15. The molecule has 3 heteroatoms. The number of hydrogen-bond acceptors (Lipinski definition) is 2. The molecule has 0 aliphatic carbocycles. The van der Waals surface area contributed by atoms with Crippen molar-refractivity contribution in [2.75, 3.05) is 0 Å². The molecule has 0 amide bonds. The number of hydrogen-bond donors (Lipinski definition) is 1. The zero-order chi connectivity index (χ0) is 13.7. The number of halogens is 1. The quantitative estimate of drug-likeness (QED) is 0.887. The molecule has 0 aliphatic rings. The van der Waals surface area contributed by atoms with Gasteiger partial charge in [-0.25, -0.2) is 4.39 Å². The van der Waals surface area contributed by atoms with Crippen LogP contribution in [0, 0.1) is 5.82 Å². The molecule has 19 heavy (non-hydrogen) atoms. The number of nitrogens with one attached hydrogen (secondary N) is 1. The highest BCUT2D eigenvalue weighted by atomic mass is 19.1. The van der Waals surface area contributed by atoms with E-state index in [1.54, 1.807) is 12.3 Å². The van der Waals surface area contributed by atoms with Crippen molar-refractivity contribution >= 4 is 0 Å². The van der Waals surface area contributed by atoms with Crippen LogP contribution in [0.15, 0.2) is 48.7 Å². The molecule has 1 aromatic carbocycles. The normalized spacial score (nSPS) is 14.1. The van der Waals surface area contributed by atoms with Crippen LogP contribution in [0.3, 0.4) is 0 Å². The van der Waals surface area contributed by atoms with Gasteiger partial charge in [0, 0.05) is 18.3 Å². The summed E-state index contributed by atoms with van der Waals surface area (Å²) in [5.41, 5.74) is 1.75. The van der Waals surface area contributed by atoms with Gasteiger partial charge in [-0.3, -0.25) is 4.98 Å². The first kappa shape index (κ1) is 13.7. The summed E-state index contributed by atoms with van der Waals surface area (Å²) >= 11 is 0. The molecule has 0 saturated heterocycles. The highest BCUT2D eigenvalue weighted by Crippen LogP contribution is 2.13. The minimum absolute atomic E-state index is 0.137. The van der Waals surface area contributed by atoms with Gasteiger partial charge in [-0.1, -0.05) is 24.3 Å². The van der Waals surface area contributed by atoms with Gasteiger partial charge in [0.15, 0.2) is 0 Å². The Balaban J connectivity index is 1.95. The summed E-state index contributed by atoms with van der Waals surface area (Å²) < 4.78 is 13.6. The van der Waals surface area contributed by atoms with Gasteiger partial charge in [0.1, 0.15) is 5.82 Å². The van der Waals surface area contributed by atoms with Crippen LogP contribution in [0.25, 0.3) is 0 Å². The number of rotatable bonds is 5. The van der Waals surface area contributed by atoms with E-state index in [4.69, 9.17) is 0 Å². The Morgan fingerprint density at radius 3 is 2.53 bits per heavy atom. The SMILES string of the molecule is CC(Cc1ccccc1F)N[C@@H](C)c1ccccn1. The van der Waals surface area contributed by atoms with E-state index in [0.29, 0.717) is 6.42 Å². The lowest BCUT2D eigenvalue weighted by molar-refractivity contribution is 0.463. The summed E-state index contributed by atoms with van der Waals surface area (Å²) in [7, 11) is 0. The second-order valence-corrected chi connectivity index (χ2v) is 4.84. The average Bonchev–Trinajstić information content (AvgIpc) is 2.42. The molecule has 0 spiro atoms. The van der Waals surface area contributed by atoms with Crippen molar-refractivity contribution in [1.29, 1.82) is 0 Å². The maximum atomic E-state index is 13.6. The zero-order valence-electron chi connectivity index (χ0n) is 11.3. The topological polar surface area (TPSA) is 24.9 Å². The first-order valence-corrected chi connectivity index (χ1v) is 6.57. The van der Waals surface area contributed by atoms with Gasteiger partial charge in [0.25, 0.3) is 0 Å². The van der Waals surface area contributed by atoms with Crippen molar-refractivity contribution in [3.05, 3.63) is 65.7 Å². The molecule has 1 unspecified atom stereocenters. The van der Waals surface area contributed by atoms with E-state index >= 15 is 0 Å². The van der Waals surface area contributed by atoms with Crippen molar-refractivity contribution in [2.24, 2.45) is 0 Å². The van der Waals surface area contributed by atoms with E-state index in [0.717, 1.165) is 11.3 Å². The summed E-state index contributed by atoms with van der Waals surface area (Å²) in [4.78, 5) is 4.32. The van der Waals surface area contributed by atoms with Crippen molar-refractivity contribution in [3.8, 4) is 0 Å². The van der Waals surface area contributed by atoms with Crippen LogP contribution < -0.4 is 5.32 Å². The van der Waals surface area contributed by atoms with Gasteiger partial charge >= 0.3 is 0 Å². The van der Waals surface area contributed by atoms with E-state index in [2.05, 4.69) is 24.1 Å². The standard InChI is InChI=1S/C16H19FN2/c1-12(11-14-7-3-4-8-15(14)17)19-13(2)16-9-5-6-10-18-16/h3-10,12-13,19H,11H2,1-2H3/t12?,13-/m0/s1. The van der Waals surface area contributed by atoms with Crippen molar-refractivity contribution < 1.29 is 4.39 Å². The first-order chi connectivity index (χ1) is 9.16. The van der Waals surface area contributed by atoms with E-state index in [-0.39, 0.29) is 17.9 Å². The number of pyridine rings is 1. The van der Waals surface area contributed by atoms with E-state index in [1.165, 1.54) is 6.07 Å². The minimum atomic E-state index is -0.137. The minimum Gasteiger partial charge on any atom is -0.306 e. The molecule has 100 valence electrons. The van der Waals surface area contributed by atoms with Crippen LogP contribution in [0.5, 0.6) is 0 Å². The Hall–Kier alpha value is -1.74. The molecule has 0 bridgehead atoms. The van der Waals surface area contributed by atoms with Gasteiger partial charge in [-0.05, 0) is 44.0 Å². The maximum absolute atomic E-state index is 13.6. The van der Waals surface area contributed by atoms with Crippen molar-refractivity contribution in [3.63, 3.8) is 0 Å². The lowest BCUT2D eigenvalue weighted by Gasteiger charge is -2.20. The van der Waals surface area contributed by atoms with Crippen LogP contribution in [0.2, 0.25) is 0 Å². The summed E-state index contributed by atoms with van der Waals surface area (Å²) in [5.74, 6) is -0.137. The Morgan fingerprint density at radius 2 is 1.84 bits per heavy atom. The Bertz CT molecular complexity index is 513. The molecule has 2 atom stereocenters. The molecular formula is C16H19FN2. The molecular weight excluding hydrogens is 239 g/mol. The van der Waals surface area contributed by atoms with E-state index in [1.807, 2.05) is 30.3 Å². The third kappa shape index (κ3) is 3.86. The predicted molar refractivity (Wildman–Crippen MR) is 75.4 cm³/mol. The monoisotopic (exact) mass is 258 g/mol. The second kappa shape index (κ2) is 6.43. The van der Waals surface area contributed by atoms with Crippen molar-refractivity contribution in [1.82, 2.24) is 10.3 Å².